The highest BCUT2D eigenvalue weighted by molar-refractivity contribution is 5.85. The highest BCUT2D eigenvalue weighted by atomic mass is 16.6. The minimum absolute atomic E-state index is 0.138. The zero-order chi connectivity index (χ0) is 17.1. The van der Waals surface area contributed by atoms with Crippen LogP contribution in [0.5, 0.6) is 0 Å². The molecule has 1 aromatic carbocycles. The molecule has 0 radical (unpaired) electrons. The Hall–Kier alpha value is -3.43. The smallest absolute Gasteiger partial charge is 0.417 e. The predicted octanol–water partition coefficient (Wildman–Crippen LogP) is 2.25. The van der Waals surface area contributed by atoms with E-state index < -0.39 is 23.7 Å². The monoisotopic (exact) mass is 320 g/mol. The lowest BCUT2D eigenvalue weighted by molar-refractivity contribution is -0.384. The molecule has 0 aliphatic carbocycles. The standard InChI is InChI=1S/C13H12N4O6/c1-8-5-14-16(6-8)11-3-2-10(17(22)23)4-9(11)7-15(12(18)19)13(20)21/h2-6H,7H2,1H3,(H,18,19)(H,20,21). The minimum Gasteiger partial charge on any atom is -0.465 e. The first kappa shape index (κ1) is 15.9. The number of amides is 2. The number of nitrogens with zero attached hydrogens (tertiary/aromatic N) is 4. The van der Waals surface area contributed by atoms with Crippen LogP contribution in [0, 0.1) is 17.0 Å². The number of non-ortho nitro benzene ring substituents is 1. The molecule has 0 fully saturated rings. The van der Waals surface area contributed by atoms with Gasteiger partial charge in [0.25, 0.3) is 5.69 Å². The van der Waals surface area contributed by atoms with Crippen molar-refractivity contribution in [1.82, 2.24) is 14.7 Å². The molecule has 0 saturated carbocycles. The average Bonchev–Trinajstić information content (AvgIpc) is 2.90. The van der Waals surface area contributed by atoms with Gasteiger partial charge in [-0.25, -0.2) is 19.2 Å². The van der Waals surface area contributed by atoms with E-state index in [1.165, 1.54) is 16.8 Å². The van der Waals surface area contributed by atoms with Gasteiger partial charge in [-0.2, -0.15) is 5.10 Å². The summed E-state index contributed by atoms with van der Waals surface area (Å²) in [6.07, 6.45) is -0.160. The molecule has 0 aliphatic rings. The Labute approximate surface area is 129 Å². The Morgan fingerprint density at radius 3 is 2.48 bits per heavy atom. The number of benzene rings is 1. The molecule has 2 amide bonds. The Kier molecular flexibility index (Phi) is 4.25. The van der Waals surface area contributed by atoms with Crippen LogP contribution in [0.3, 0.4) is 0 Å². The van der Waals surface area contributed by atoms with Gasteiger partial charge in [-0.1, -0.05) is 0 Å². The summed E-state index contributed by atoms with van der Waals surface area (Å²) in [7, 11) is 0. The van der Waals surface area contributed by atoms with Crippen molar-refractivity contribution in [3.8, 4) is 5.69 Å². The molecule has 2 aromatic rings. The molecule has 0 bridgehead atoms. The second-order valence-electron chi connectivity index (χ2n) is 4.68. The fourth-order valence-corrected chi connectivity index (χ4v) is 1.97. The van der Waals surface area contributed by atoms with Crippen LogP contribution >= 0.6 is 0 Å². The van der Waals surface area contributed by atoms with Crippen LogP contribution in [0.4, 0.5) is 15.3 Å². The molecule has 10 nitrogen and oxygen atoms in total. The topological polar surface area (TPSA) is 139 Å². The van der Waals surface area contributed by atoms with E-state index >= 15 is 0 Å². The second-order valence-corrected chi connectivity index (χ2v) is 4.68. The number of hydrogen-bond donors (Lipinski definition) is 2. The van der Waals surface area contributed by atoms with Crippen LogP contribution in [-0.2, 0) is 6.54 Å². The van der Waals surface area contributed by atoms with Gasteiger partial charge in [-0.3, -0.25) is 10.1 Å². The maximum Gasteiger partial charge on any atom is 0.417 e. The second kappa shape index (κ2) is 6.13. The molecule has 23 heavy (non-hydrogen) atoms. The number of rotatable bonds is 4. The Balaban J connectivity index is 2.52. The fraction of sp³-hybridized carbons (Fsp3) is 0.154. The van der Waals surface area contributed by atoms with Gasteiger partial charge in [0, 0.05) is 23.9 Å². The van der Waals surface area contributed by atoms with Gasteiger partial charge in [0.2, 0.25) is 0 Å². The Bertz CT molecular complexity index is 771. The summed E-state index contributed by atoms with van der Waals surface area (Å²) in [5.74, 6) is 0. The third-order valence-electron chi connectivity index (χ3n) is 3.02. The van der Waals surface area contributed by atoms with E-state index in [1.54, 1.807) is 19.3 Å². The molecule has 0 atom stereocenters. The summed E-state index contributed by atoms with van der Waals surface area (Å²) in [4.78, 5) is 32.4. The molecule has 10 heteroatoms. The van der Waals surface area contributed by atoms with Gasteiger partial charge in [0.15, 0.2) is 0 Å². The fourth-order valence-electron chi connectivity index (χ4n) is 1.97. The van der Waals surface area contributed by atoms with Crippen molar-refractivity contribution in [3.05, 3.63) is 51.8 Å². The number of carboxylic acid groups (broad SMARTS) is 2. The molecule has 0 saturated heterocycles. The molecular formula is C13H12N4O6. The lowest BCUT2D eigenvalue weighted by atomic mass is 10.1. The number of carbonyl (C=O) groups is 2. The number of imide groups is 1. The molecule has 1 heterocycles. The van der Waals surface area contributed by atoms with Crippen LogP contribution in [-0.4, -0.2) is 42.0 Å². The van der Waals surface area contributed by atoms with Crippen molar-refractivity contribution in [1.29, 1.82) is 0 Å². The minimum atomic E-state index is -1.67. The molecule has 0 unspecified atom stereocenters. The lowest BCUT2D eigenvalue weighted by Crippen LogP contribution is -2.34. The molecule has 2 rings (SSSR count). The van der Waals surface area contributed by atoms with E-state index in [2.05, 4.69) is 5.10 Å². The van der Waals surface area contributed by atoms with Crippen molar-refractivity contribution in [2.75, 3.05) is 0 Å². The average molecular weight is 320 g/mol. The van der Waals surface area contributed by atoms with E-state index in [0.717, 1.165) is 11.6 Å². The highest BCUT2D eigenvalue weighted by Gasteiger charge is 2.23. The Morgan fingerprint density at radius 2 is 2.00 bits per heavy atom. The van der Waals surface area contributed by atoms with E-state index in [-0.39, 0.29) is 16.2 Å². The molecule has 0 spiro atoms. The van der Waals surface area contributed by atoms with Crippen molar-refractivity contribution < 1.29 is 24.7 Å². The summed E-state index contributed by atoms with van der Waals surface area (Å²) < 4.78 is 1.40. The Morgan fingerprint density at radius 1 is 1.35 bits per heavy atom. The summed E-state index contributed by atoms with van der Waals surface area (Å²) in [6.45, 7) is 1.23. The van der Waals surface area contributed by atoms with Gasteiger partial charge < -0.3 is 10.2 Å². The first-order valence-corrected chi connectivity index (χ1v) is 6.32. The lowest BCUT2D eigenvalue weighted by Gasteiger charge is -2.16. The zero-order valence-electron chi connectivity index (χ0n) is 11.9. The van der Waals surface area contributed by atoms with Crippen molar-refractivity contribution in [2.45, 2.75) is 13.5 Å². The predicted molar refractivity (Wildman–Crippen MR) is 76.5 cm³/mol. The largest absolute Gasteiger partial charge is 0.465 e. The molecular weight excluding hydrogens is 308 g/mol. The molecule has 0 aliphatic heterocycles. The molecule has 120 valence electrons. The summed E-state index contributed by atoms with van der Waals surface area (Å²) in [5.41, 5.74) is 1.05. The van der Waals surface area contributed by atoms with Crippen LogP contribution < -0.4 is 0 Å². The van der Waals surface area contributed by atoms with Crippen molar-refractivity contribution in [3.63, 3.8) is 0 Å². The van der Waals surface area contributed by atoms with Gasteiger partial charge in [-0.05, 0) is 18.6 Å². The molecule has 2 N–H and O–H groups in total. The van der Waals surface area contributed by atoms with Gasteiger partial charge in [0.05, 0.1) is 23.4 Å². The summed E-state index contributed by atoms with van der Waals surface area (Å²) in [5, 5.41) is 32.8. The van der Waals surface area contributed by atoms with Gasteiger partial charge >= 0.3 is 12.2 Å². The number of hydrogen-bond acceptors (Lipinski definition) is 5. The number of nitro benzene ring substituents is 1. The van der Waals surface area contributed by atoms with Crippen molar-refractivity contribution >= 4 is 17.9 Å². The number of nitro groups is 1. The molecule has 1 aromatic heterocycles. The first-order valence-electron chi connectivity index (χ1n) is 6.32. The quantitative estimate of drug-likeness (QED) is 0.650. The normalized spacial score (nSPS) is 10.3. The van der Waals surface area contributed by atoms with Crippen LogP contribution in [0.15, 0.2) is 30.6 Å². The van der Waals surface area contributed by atoms with Crippen LogP contribution in [0.1, 0.15) is 11.1 Å². The van der Waals surface area contributed by atoms with E-state index in [4.69, 9.17) is 10.2 Å². The van der Waals surface area contributed by atoms with E-state index in [9.17, 15) is 19.7 Å². The highest BCUT2D eigenvalue weighted by Crippen LogP contribution is 2.23. The van der Waals surface area contributed by atoms with Crippen molar-refractivity contribution in [2.24, 2.45) is 0 Å². The maximum absolute atomic E-state index is 11.0. The van der Waals surface area contributed by atoms with E-state index in [1.807, 2.05) is 0 Å². The van der Waals surface area contributed by atoms with Crippen LogP contribution in [0.2, 0.25) is 0 Å². The van der Waals surface area contributed by atoms with Gasteiger partial charge in [0.1, 0.15) is 0 Å². The van der Waals surface area contributed by atoms with Gasteiger partial charge in [-0.15, -0.1) is 0 Å². The SMILES string of the molecule is Cc1cnn(-c2ccc([N+](=O)[O-])cc2CN(C(=O)O)C(=O)O)c1. The summed E-state index contributed by atoms with van der Waals surface area (Å²) in [6, 6.07) is 3.76. The number of aromatic nitrogens is 2. The maximum atomic E-state index is 11.0. The zero-order valence-corrected chi connectivity index (χ0v) is 11.9. The van der Waals surface area contributed by atoms with E-state index in [0.29, 0.717) is 5.69 Å². The summed E-state index contributed by atoms with van der Waals surface area (Å²) >= 11 is 0. The number of aryl methyl sites for hydroxylation is 1. The first-order chi connectivity index (χ1) is 10.8. The van der Waals surface area contributed by atoms with Crippen LogP contribution in [0.25, 0.3) is 5.69 Å². The third-order valence-corrected chi connectivity index (χ3v) is 3.02. The third kappa shape index (κ3) is 3.43.